The number of hydrogen-bond donors (Lipinski definition) is 0. The molecule has 22 heavy (non-hydrogen) atoms. The van der Waals surface area contributed by atoms with Gasteiger partial charge in [0.1, 0.15) is 5.75 Å². The molecule has 0 bridgehead atoms. The molecule has 1 aliphatic carbocycles. The highest BCUT2D eigenvalue weighted by Crippen LogP contribution is 2.39. The third-order valence-corrected chi connectivity index (χ3v) is 4.37. The van der Waals surface area contributed by atoms with Crippen LogP contribution >= 0.6 is 0 Å². The number of rotatable bonds is 4. The number of ether oxygens (including phenoxy) is 2. The molecule has 0 radical (unpaired) electrons. The smallest absolute Gasteiger partial charge is 0.343 e. The molecule has 0 N–H and O–H groups in total. The number of pyridine rings is 1. The van der Waals surface area contributed by atoms with Crippen LogP contribution in [0.4, 0.5) is 4.39 Å². The second-order valence-corrected chi connectivity index (χ2v) is 5.89. The maximum Gasteiger partial charge on any atom is 0.343 e. The summed E-state index contributed by atoms with van der Waals surface area (Å²) in [6.07, 6.45) is 4.23. The van der Waals surface area contributed by atoms with E-state index in [4.69, 9.17) is 9.47 Å². The number of alkyl halides is 1. The maximum atomic E-state index is 14.8. The van der Waals surface area contributed by atoms with Crippen molar-refractivity contribution >= 4 is 5.97 Å². The first-order chi connectivity index (χ1) is 10.5. The zero-order chi connectivity index (χ0) is 16.2. The SMILES string of the molecule is CCOC(=O)C1(F)CCCC(c2ncc(OC)cc2C)CC1. The lowest BCUT2D eigenvalue weighted by Gasteiger charge is -2.21. The molecule has 1 aromatic heterocycles. The third kappa shape index (κ3) is 3.57. The first-order valence-electron chi connectivity index (χ1n) is 7.87. The molecule has 2 rings (SSSR count). The topological polar surface area (TPSA) is 48.4 Å². The second-order valence-electron chi connectivity index (χ2n) is 5.89. The Morgan fingerprint density at radius 3 is 2.86 bits per heavy atom. The fraction of sp³-hybridized carbons (Fsp3) is 0.647. The summed E-state index contributed by atoms with van der Waals surface area (Å²) >= 11 is 0. The minimum absolute atomic E-state index is 0.179. The number of carbonyl (C=O) groups is 1. The van der Waals surface area contributed by atoms with E-state index < -0.39 is 11.6 Å². The molecule has 0 amide bonds. The summed E-state index contributed by atoms with van der Waals surface area (Å²) in [6, 6.07) is 1.95. The highest BCUT2D eigenvalue weighted by Gasteiger charge is 2.42. The summed E-state index contributed by atoms with van der Waals surface area (Å²) in [6.45, 7) is 3.91. The van der Waals surface area contributed by atoms with Crippen molar-refractivity contribution in [1.82, 2.24) is 4.98 Å². The predicted molar refractivity (Wildman–Crippen MR) is 81.8 cm³/mol. The fourth-order valence-corrected chi connectivity index (χ4v) is 3.14. The molecule has 1 fully saturated rings. The van der Waals surface area contributed by atoms with Crippen molar-refractivity contribution < 1.29 is 18.7 Å². The maximum absolute atomic E-state index is 14.8. The molecule has 0 saturated heterocycles. The van der Waals surface area contributed by atoms with Crippen LogP contribution in [0.25, 0.3) is 0 Å². The Kier molecular flexibility index (Phi) is 5.37. The largest absolute Gasteiger partial charge is 0.495 e. The van der Waals surface area contributed by atoms with Gasteiger partial charge in [0.05, 0.1) is 19.9 Å². The van der Waals surface area contributed by atoms with Crippen molar-refractivity contribution in [2.75, 3.05) is 13.7 Å². The normalized spacial score (nSPS) is 25.4. The van der Waals surface area contributed by atoms with Gasteiger partial charge >= 0.3 is 5.97 Å². The van der Waals surface area contributed by atoms with Gasteiger partial charge in [0.25, 0.3) is 0 Å². The number of methoxy groups -OCH3 is 1. The number of hydrogen-bond acceptors (Lipinski definition) is 4. The number of nitrogens with zero attached hydrogens (tertiary/aromatic N) is 1. The van der Waals surface area contributed by atoms with Gasteiger partial charge in [0.2, 0.25) is 5.67 Å². The molecule has 2 atom stereocenters. The summed E-state index contributed by atoms with van der Waals surface area (Å²) < 4.78 is 24.9. The van der Waals surface area contributed by atoms with Crippen molar-refractivity contribution in [1.29, 1.82) is 0 Å². The summed E-state index contributed by atoms with van der Waals surface area (Å²) in [4.78, 5) is 16.3. The molecular weight excluding hydrogens is 285 g/mol. The summed E-state index contributed by atoms with van der Waals surface area (Å²) in [5.74, 6) is 0.189. The van der Waals surface area contributed by atoms with E-state index in [9.17, 15) is 9.18 Å². The lowest BCUT2D eigenvalue weighted by atomic mass is 9.92. The van der Waals surface area contributed by atoms with Crippen LogP contribution in [-0.2, 0) is 9.53 Å². The second kappa shape index (κ2) is 7.07. The summed E-state index contributed by atoms with van der Waals surface area (Å²) in [5, 5.41) is 0. The first kappa shape index (κ1) is 16.7. The highest BCUT2D eigenvalue weighted by molar-refractivity contribution is 5.79. The standard InChI is InChI=1S/C17H24FNO3/c1-4-22-16(20)17(18)8-5-6-13(7-9-17)15-12(2)10-14(21-3)11-19-15/h10-11,13H,4-9H2,1-3H3. The first-order valence-corrected chi connectivity index (χ1v) is 7.87. The summed E-state index contributed by atoms with van der Waals surface area (Å²) in [7, 11) is 1.61. The summed E-state index contributed by atoms with van der Waals surface area (Å²) in [5.41, 5.74) is 0.186. The van der Waals surface area contributed by atoms with Gasteiger partial charge in [-0.1, -0.05) is 0 Å². The molecule has 1 aromatic rings. The average molecular weight is 309 g/mol. The molecule has 122 valence electrons. The van der Waals surface area contributed by atoms with E-state index in [0.29, 0.717) is 12.8 Å². The highest BCUT2D eigenvalue weighted by atomic mass is 19.1. The van der Waals surface area contributed by atoms with Crippen molar-refractivity contribution in [2.24, 2.45) is 0 Å². The molecule has 0 aromatic carbocycles. The van der Waals surface area contributed by atoms with Gasteiger partial charge in [-0.2, -0.15) is 0 Å². The Balaban J connectivity index is 2.11. The zero-order valence-corrected chi connectivity index (χ0v) is 13.5. The number of aromatic nitrogens is 1. The van der Waals surface area contributed by atoms with Crippen LogP contribution in [0, 0.1) is 6.92 Å². The van der Waals surface area contributed by atoms with Crippen LogP contribution in [0.5, 0.6) is 5.75 Å². The van der Waals surface area contributed by atoms with Crippen LogP contribution in [0.1, 0.15) is 56.2 Å². The van der Waals surface area contributed by atoms with Gasteiger partial charge in [-0.3, -0.25) is 4.98 Å². The Morgan fingerprint density at radius 1 is 1.45 bits per heavy atom. The number of esters is 1. The van der Waals surface area contributed by atoms with Gasteiger partial charge < -0.3 is 9.47 Å². The Labute approximate surface area is 131 Å². The molecule has 4 nitrogen and oxygen atoms in total. The Morgan fingerprint density at radius 2 is 2.23 bits per heavy atom. The van der Waals surface area contributed by atoms with E-state index >= 15 is 0 Å². The fourth-order valence-electron chi connectivity index (χ4n) is 3.14. The Bertz CT molecular complexity index is 535. The monoisotopic (exact) mass is 309 g/mol. The van der Waals surface area contributed by atoms with E-state index in [2.05, 4.69) is 4.98 Å². The van der Waals surface area contributed by atoms with Crippen molar-refractivity contribution in [2.45, 2.75) is 57.5 Å². The van der Waals surface area contributed by atoms with Crippen LogP contribution in [0.15, 0.2) is 12.3 Å². The zero-order valence-electron chi connectivity index (χ0n) is 13.5. The van der Waals surface area contributed by atoms with Crippen LogP contribution in [0.2, 0.25) is 0 Å². The molecule has 5 heteroatoms. The lowest BCUT2D eigenvalue weighted by Crippen LogP contribution is -2.35. The minimum Gasteiger partial charge on any atom is -0.495 e. The third-order valence-electron chi connectivity index (χ3n) is 4.37. The van der Waals surface area contributed by atoms with E-state index in [0.717, 1.165) is 23.4 Å². The van der Waals surface area contributed by atoms with E-state index in [-0.39, 0.29) is 25.4 Å². The minimum atomic E-state index is -1.84. The van der Waals surface area contributed by atoms with Crippen molar-refractivity contribution in [3.8, 4) is 5.75 Å². The van der Waals surface area contributed by atoms with Crippen molar-refractivity contribution in [3.63, 3.8) is 0 Å². The lowest BCUT2D eigenvalue weighted by molar-refractivity contribution is -0.158. The van der Waals surface area contributed by atoms with Crippen LogP contribution < -0.4 is 4.74 Å². The average Bonchev–Trinajstić information content (AvgIpc) is 2.70. The van der Waals surface area contributed by atoms with E-state index in [1.807, 2.05) is 13.0 Å². The quantitative estimate of drug-likeness (QED) is 0.628. The van der Waals surface area contributed by atoms with Crippen LogP contribution in [-0.4, -0.2) is 30.3 Å². The molecule has 0 aliphatic heterocycles. The van der Waals surface area contributed by atoms with Crippen LogP contribution in [0.3, 0.4) is 0 Å². The number of halogens is 1. The van der Waals surface area contributed by atoms with Crippen molar-refractivity contribution in [3.05, 3.63) is 23.5 Å². The Hall–Kier alpha value is -1.65. The van der Waals surface area contributed by atoms with Gasteiger partial charge in [0, 0.05) is 11.6 Å². The number of aryl methyl sites for hydroxylation is 1. The van der Waals surface area contributed by atoms with Gasteiger partial charge in [-0.25, -0.2) is 9.18 Å². The molecule has 1 heterocycles. The van der Waals surface area contributed by atoms with Gasteiger partial charge in [-0.05, 0) is 57.6 Å². The van der Waals surface area contributed by atoms with Gasteiger partial charge in [0.15, 0.2) is 0 Å². The molecule has 2 unspecified atom stereocenters. The molecule has 1 saturated carbocycles. The number of carbonyl (C=O) groups excluding carboxylic acids is 1. The molecular formula is C17H24FNO3. The van der Waals surface area contributed by atoms with Gasteiger partial charge in [-0.15, -0.1) is 0 Å². The molecule has 1 aliphatic rings. The van der Waals surface area contributed by atoms with E-state index in [1.165, 1.54) is 0 Å². The molecule has 0 spiro atoms. The predicted octanol–water partition coefficient (Wildman–Crippen LogP) is 3.72. The van der Waals surface area contributed by atoms with E-state index in [1.54, 1.807) is 20.2 Å².